The maximum atomic E-state index is 2.81. The molecule has 1 heterocycles. The summed E-state index contributed by atoms with van der Waals surface area (Å²) in [5, 5.41) is 0. The number of unbranched alkanes of at least 4 members (excludes halogenated alkanes) is 17. The molecule has 0 aromatic heterocycles. The topological polar surface area (TPSA) is 6.48 Å². The minimum absolute atomic E-state index is 1.12. The average Bonchev–Trinajstić information content (AvgIpc) is 3.44. The largest absolute Gasteiger partial charge is 0.302 e. The van der Waals surface area contributed by atoms with Gasteiger partial charge < -0.3 is 9.80 Å². The summed E-state index contributed by atoms with van der Waals surface area (Å²) in [6, 6.07) is 0. The second-order valence-electron chi connectivity index (χ2n) is 11.8. The fourth-order valence-electron chi connectivity index (χ4n) is 5.58. The Morgan fingerprint density at radius 1 is 0.486 bits per heavy atom. The summed E-state index contributed by atoms with van der Waals surface area (Å²) in [5.41, 5.74) is 0. The summed E-state index contributed by atoms with van der Waals surface area (Å²) >= 11 is 0. The lowest BCUT2D eigenvalue weighted by atomic mass is 10.1. The van der Waals surface area contributed by atoms with Crippen molar-refractivity contribution in [2.75, 3.05) is 39.3 Å². The van der Waals surface area contributed by atoms with Crippen molar-refractivity contribution in [1.29, 1.82) is 0 Å². The zero-order valence-electron chi connectivity index (χ0n) is 25.7. The van der Waals surface area contributed by atoms with Crippen molar-refractivity contribution >= 4 is 0 Å². The highest BCUT2D eigenvalue weighted by molar-refractivity contribution is 4.92. The van der Waals surface area contributed by atoms with Crippen molar-refractivity contribution in [2.24, 2.45) is 0 Å². The first kappa shape index (κ1) is 34.4. The maximum Gasteiger partial charge on any atom is 0.0109 e. The molecule has 0 aliphatic carbocycles. The first-order valence-electron chi connectivity index (χ1n) is 17.1. The van der Waals surface area contributed by atoms with E-state index < -0.39 is 0 Å². The zero-order valence-corrected chi connectivity index (χ0v) is 25.7. The van der Waals surface area contributed by atoms with Gasteiger partial charge in [-0.3, -0.25) is 0 Å². The fourth-order valence-corrected chi connectivity index (χ4v) is 5.58. The number of hydrogen-bond acceptors (Lipinski definition) is 2. The highest BCUT2D eigenvalue weighted by Gasteiger charge is 2.13. The Balaban J connectivity index is 1.99. The maximum absolute atomic E-state index is 2.81. The summed E-state index contributed by atoms with van der Waals surface area (Å²) in [7, 11) is 0. The minimum Gasteiger partial charge on any atom is -0.302 e. The van der Waals surface area contributed by atoms with E-state index in [1.807, 2.05) is 0 Å². The molecule has 1 aliphatic heterocycles. The molecule has 218 valence electrons. The molecule has 1 saturated heterocycles. The van der Waals surface area contributed by atoms with Crippen LogP contribution in [0.3, 0.4) is 0 Å². The predicted octanol–water partition coefficient (Wildman–Crippen LogP) is 10.7. The Kier molecular flexibility index (Phi) is 26.4. The third kappa shape index (κ3) is 24.2. The number of rotatable bonds is 28. The quantitative estimate of drug-likeness (QED) is 0.0753. The van der Waals surface area contributed by atoms with Crippen LogP contribution < -0.4 is 0 Å². The Labute approximate surface area is 234 Å². The van der Waals surface area contributed by atoms with Crippen molar-refractivity contribution in [3.8, 4) is 0 Å². The van der Waals surface area contributed by atoms with Gasteiger partial charge in [-0.05, 0) is 77.5 Å². The first-order valence-corrected chi connectivity index (χ1v) is 17.1. The second kappa shape index (κ2) is 28.4. The molecule has 0 radical (unpaired) electrons. The lowest BCUT2D eigenvalue weighted by Gasteiger charge is -2.25. The van der Waals surface area contributed by atoms with Crippen molar-refractivity contribution in [1.82, 2.24) is 9.80 Å². The normalized spacial score (nSPS) is 14.8. The van der Waals surface area contributed by atoms with Gasteiger partial charge in [0.05, 0.1) is 0 Å². The van der Waals surface area contributed by atoms with Gasteiger partial charge in [-0.15, -0.1) is 0 Å². The van der Waals surface area contributed by atoms with Crippen molar-refractivity contribution in [3.63, 3.8) is 0 Å². The third-order valence-electron chi connectivity index (χ3n) is 8.18. The van der Waals surface area contributed by atoms with Crippen LogP contribution in [0.1, 0.15) is 162 Å². The van der Waals surface area contributed by atoms with Gasteiger partial charge in [0.1, 0.15) is 0 Å². The number of likely N-dealkylation sites (tertiary alicyclic amines) is 1. The van der Waals surface area contributed by atoms with Crippen LogP contribution in [0.15, 0.2) is 24.3 Å². The van der Waals surface area contributed by atoms with Gasteiger partial charge >= 0.3 is 0 Å². The Hall–Kier alpha value is -0.600. The molecule has 0 unspecified atom stereocenters. The lowest BCUT2D eigenvalue weighted by Crippen LogP contribution is -2.35. The molecule has 2 nitrogen and oxygen atoms in total. The summed E-state index contributed by atoms with van der Waals surface area (Å²) in [6.07, 6.45) is 41.4. The molecule has 1 fully saturated rings. The van der Waals surface area contributed by atoms with E-state index in [9.17, 15) is 0 Å². The predicted molar refractivity (Wildman–Crippen MR) is 169 cm³/mol. The molecule has 0 atom stereocenters. The highest BCUT2D eigenvalue weighted by atomic mass is 15.2. The summed E-state index contributed by atoms with van der Waals surface area (Å²) < 4.78 is 0. The monoisotopic (exact) mass is 517 g/mol. The molecule has 0 N–H and O–H groups in total. The van der Waals surface area contributed by atoms with Crippen molar-refractivity contribution in [3.05, 3.63) is 24.3 Å². The van der Waals surface area contributed by atoms with Crippen molar-refractivity contribution < 1.29 is 0 Å². The molecule has 0 aromatic carbocycles. The van der Waals surface area contributed by atoms with E-state index in [4.69, 9.17) is 0 Å². The van der Waals surface area contributed by atoms with Crippen LogP contribution in [0.5, 0.6) is 0 Å². The number of allylic oxidation sites excluding steroid dienone is 4. The van der Waals surface area contributed by atoms with Crippen molar-refractivity contribution in [2.45, 2.75) is 162 Å². The van der Waals surface area contributed by atoms with Crippen LogP contribution in [-0.4, -0.2) is 49.1 Å². The van der Waals surface area contributed by atoms with Crippen LogP contribution in [0, 0.1) is 0 Å². The average molecular weight is 517 g/mol. The zero-order chi connectivity index (χ0) is 26.5. The number of nitrogens with zero attached hydrogens (tertiary/aromatic N) is 2. The standard InChI is InChI=1S/C35H68N2/c1-3-5-7-9-11-13-14-15-16-17-18-19-20-21-23-25-27-31-36(34-35-37-32-28-29-33-37)30-26-24-22-12-10-8-6-4-2/h9,11,14-15H,3-8,10,12-13,16-35H2,1-2H3/b11-9-,15-14-. The second-order valence-corrected chi connectivity index (χ2v) is 11.8. The van der Waals surface area contributed by atoms with Gasteiger partial charge in [-0.25, -0.2) is 0 Å². The molecule has 1 aliphatic rings. The molecule has 0 amide bonds. The van der Waals surface area contributed by atoms with Gasteiger partial charge in [0.2, 0.25) is 0 Å². The summed E-state index contributed by atoms with van der Waals surface area (Å²) in [4.78, 5) is 5.51. The SMILES string of the molecule is CCCC/C=C\C/C=C\CCCCCCCCCCN(CCCCCCCCCC)CCN1CCCC1. The minimum atomic E-state index is 1.12. The summed E-state index contributed by atoms with van der Waals surface area (Å²) in [6.45, 7) is 12.6. The highest BCUT2D eigenvalue weighted by Crippen LogP contribution is 2.13. The van der Waals surface area contributed by atoms with Crippen LogP contribution in [-0.2, 0) is 0 Å². The van der Waals surface area contributed by atoms with Crippen LogP contribution in [0.2, 0.25) is 0 Å². The van der Waals surface area contributed by atoms with E-state index in [0.29, 0.717) is 0 Å². The molecule has 0 bridgehead atoms. The molecule has 0 saturated carbocycles. The third-order valence-corrected chi connectivity index (χ3v) is 8.18. The van der Waals surface area contributed by atoms with E-state index >= 15 is 0 Å². The smallest absolute Gasteiger partial charge is 0.0109 e. The van der Waals surface area contributed by atoms with Crippen LogP contribution in [0.25, 0.3) is 0 Å². The Morgan fingerprint density at radius 2 is 0.946 bits per heavy atom. The van der Waals surface area contributed by atoms with Gasteiger partial charge in [0.15, 0.2) is 0 Å². The molecule has 0 spiro atoms. The lowest BCUT2D eigenvalue weighted by molar-refractivity contribution is 0.217. The molecule has 2 heteroatoms. The Morgan fingerprint density at radius 3 is 1.49 bits per heavy atom. The van der Waals surface area contributed by atoms with E-state index in [1.54, 1.807) is 0 Å². The van der Waals surface area contributed by atoms with Crippen LogP contribution in [0.4, 0.5) is 0 Å². The van der Waals surface area contributed by atoms with Crippen LogP contribution >= 0.6 is 0 Å². The fraction of sp³-hybridized carbons (Fsp3) is 0.886. The van der Waals surface area contributed by atoms with Gasteiger partial charge in [0.25, 0.3) is 0 Å². The molecule has 1 rings (SSSR count). The Bertz CT molecular complexity index is 491. The van der Waals surface area contributed by atoms with E-state index in [2.05, 4.69) is 48.0 Å². The molecule has 37 heavy (non-hydrogen) atoms. The molecule has 0 aromatic rings. The number of hydrogen-bond donors (Lipinski definition) is 0. The van der Waals surface area contributed by atoms with Gasteiger partial charge in [-0.1, -0.05) is 134 Å². The molecular formula is C35H68N2. The summed E-state index contributed by atoms with van der Waals surface area (Å²) in [5.74, 6) is 0. The first-order chi connectivity index (χ1) is 18.4. The van der Waals surface area contributed by atoms with E-state index in [-0.39, 0.29) is 0 Å². The molecular weight excluding hydrogens is 448 g/mol. The van der Waals surface area contributed by atoms with Gasteiger partial charge in [0, 0.05) is 13.1 Å². The van der Waals surface area contributed by atoms with E-state index in [0.717, 1.165) is 6.42 Å². The van der Waals surface area contributed by atoms with E-state index in [1.165, 1.54) is 181 Å². The van der Waals surface area contributed by atoms with Gasteiger partial charge in [-0.2, -0.15) is 0 Å².